The van der Waals surface area contributed by atoms with Crippen molar-refractivity contribution in [3.05, 3.63) is 63.1 Å². The second kappa shape index (κ2) is 6.07. The van der Waals surface area contributed by atoms with E-state index in [1.807, 2.05) is 0 Å². The van der Waals surface area contributed by atoms with Crippen LogP contribution in [-0.4, -0.2) is 5.91 Å². The van der Waals surface area contributed by atoms with Crippen LogP contribution in [0.3, 0.4) is 0 Å². The molecule has 2 aromatic carbocycles. The number of para-hydroxylation sites is 1. The van der Waals surface area contributed by atoms with E-state index in [0.717, 1.165) is 6.07 Å². The van der Waals surface area contributed by atoms with Gasteiger partial charge in [0, 0.05) is 10.0 Å². The number of rotatable bonds is 2. The lowest BCUT2D eigenvalue weighted by Gasteiger charge is -2.13. The smallest absolute Gasteiger partial charge is 0.321 e. The Hall–Kier alpha value is -1.53. The van der Waals surface area contributed by atoms with Crippen molar-refractivity contribution in [3.63, 3.8) is 0 Å². The molecule has 0 heterocycles. The SMILES string of the molecule is O=C(Nc1ccccc1C(F)(F)F)c1ccc(Br)c(Cl)c1. The largest absolute Gasteiger partial charge is 0.418 e. The highest BCUT2D eigenvalue weighted by Crippen LogP contribution is 2.34. The average molecular weight is 379 g/mol. The summed E-state index contributed by atoms with van der Waals surface area (Å²) in [6.45, 7) is 0. The summed E-state index contributed by atoms with van der Waals surface area (Å²) in [5.41, 5.74) is -1.03. The number of amides is 1. The highest BCUT2D eigenvalue weighted by atomic mass is 79.9. The average Bonchev–Trinajstić information content (AvgIpc) is 2.41. The topological polar surface area (TPSA) is 29.1 Å². The number of hydrogen-bond acceptors (Lipinski definition) is 1. The van der Waals surface area contributed by atoms with Crippen LogP contribution in [0, 0.1) is 0 Å². The molecule has 0 aliphatic carbocycles. The molecular formula is C14H8BrClF3NO. The van der Waals surface area contributed by atoms with Crippen LogP contribution < -0.4 is 5.32 Å². The van der Waals surface area contributed by atoms with E-state index in [2.05, 4.69) is 21.2 Å². The highest BCUT2D eigenvalue weighted by Gasteiger charge is 2.33. The Morgan fingerprint density at radius 3 is 2.43 bits per heavy atom. The van der Waals surface area contributed by atoms with E-state index >= 15 is 0 Å². The fraction of sp³-hybridized carbons (Fsp3) is 0.0714. The first-order chi connectivity index (χ1) is 9.79. The lowest BCUT2D eigenvalue weighted by atomic mass is 10.1. The summed E-state index contributed by atoms with van der Waals surface area (Å²) < 4.78 is 39.1. The van der Waals surface area contributed by atoms with Crippen LogP contribution in [0.15, 0.2) is 46.9 Å². The molecule has 0 fully saturated rings. The van der Waals surface area contributed by atoms with Crippen molar-refractivity contribution in [3.8, 4) is 0 Å². The minimum atomic E-state index is -4.54. The normalized spacial score (nSPS) is 11.3. The van der Waals surface area contributed by atoms with Crippen LogP contribution in [0.25, 0.3) is 0 Å². The van der Waals surface area contributed by atoms with Gasteiger partial charge in [0.05, 0.1) is 16.3 Å². The zero-order valence-electron chi connectivity index (χ0n) is 10.3. The molecule has 0 radical (unpaired) electrons. The van der Waals surface area contributed by atoms with Crippen molar-refractivity contribution in [2.45, 2.75) is 6.18 Å². The van der Waals surface area contributed by atoms with Crippen LogP contribution in [0.4, 0.5) is 18.9 Å². The fourth-order valence-electron chi connectivity index (χ4n) is 1.67. The monoisotopic (exact) mass is 377 g/mol. The maximum Gasteiger partial charge on any atom is 0.418 e. The van der Waals surface area contributed by atoms with Crippen molar-refractivity contribution in [1.29, 1.82) is 0 Å². The lowest BCUT2D eigenvalue weighted by Crippen LogP contribution is -2.16. The summed E-state index contributed by atoms with van der Waals surface area (Å²) >= 11 is 9.03. The Labute approximate surface area is 132 Å². The molecule has 2 rings (SSSR count). The van der Waals surface area contributed by atoms with Gasteiger partial charge >= 0.3 is 6.18 Å². The van der Waals surface area contributed by atoms with Crippen molar-refractivity contribution in [2.24, 2.45) is 0 Å². The molecule has 0 spiro atoms. The van der Waals surface area contributed by atoms with Gasteiger partial charge in [0.25, 0.3) is 5.91 Å². The number of carbonyl (C=O) groups excluding carboxylic acids is 1. The third kappa shape index (κ3) is 3.77. The van der Waals surface area contributed by atoms with Gasteiger partial charge in [-0.3, -0.25) is 4.79 Å². The Bertz CT molecular complexity index is 688. The second-order valence-corrected chi connectivity index (χ2v) is 5.39. The van der Waals surface area contributed by atoms with Gasteiger partial charge in [0.2, 0.25) is 0 Å². The van der Waals surface area contributed by atoms with E-state index in [9.17, 15) is 18.0 Å². The minimum absolute atomic E-state index is 0.167. The first-order valence-electron chi connectivity index (χ1n) is 5.71. The lowest BCUT2D eigenvalue weighted by molar-refractivity contribution is -0.136. The van der Waals surface area contributed by atoms with Crippen molar-refractivity contribution < 1.29 is 18.0 Å². The standard InChI is InChI=1S/C14H8BrClF3NO/c15-10-6-5-8(7-11(10)16)13(21)20-12-4-2-1-3-9(12)14(17,18)19/h1-7H,(H,20,21). The third-order valence-electron chi connectivity index (χ3n) is 2.66. The van der Waals surface area contributed by atoms with Gasteiger partial charge in [-0.1, -0.05) is 23.7 Å². The zero-order chi connectivity index (χ0) is 15.6. The molecule has 0 unspecified atom stereocenters. The number of anilines is 1. The van der Waals surface area contributed by atoms with E-state index < -0.39 is 17.6 Å². The number of alkyl halides is 3. The maximum atomic E-state index is 12.8. The quantitative estimate of drug-likeness (QED) is 0.747. The van der Waals surface area contributed by atoms with Crippen LogP contribution in [0.5, 0.6) is 0 Å². The van der Waals surface area contributed by atoms with Gasteiger partial charge in [-0.2, -0.15) is 13.2 Å². The van der Waals surface area contributed by atoms with Gasteiger partial charge < -0.3 is 5.32 Å². The molecule has 0 aliphatic rings. The molecule has 1 amide bonds. The van der Waals surface area contributed by atoms with E-state index in [1.54, 1.807) is 6.07 Å². The van der Waals surface area contributed by atoms with E-state index in [4.69, 9.17) is 11.6 Å². The molecule has 1 N–H and O–H groups in total. The van der Waals surface area contributed by atoms with Gasteiger partial charge in [0.15, 0.2) is 0 Å². The first-order valence-corrected chi connectivity index (χ1v) is 6.89. The molecule has 110 valence electrons. The number of hydrogen-bond donors (Lipinski definition) is 1. The molecule has 0 bridgehead atoms. The van der Waals surface area contributed by atoms with Gasteiger partial charge in [-0.15, -0.1) is 0 Å². The van der Waals surface area contributed by atoms with Crippen LogP contribution >= 0.6 is 27.5 Å². The molecule has 0 atom stereocenters. The molecule has 0 saturated carbocycles. The van der Waals surface area contributed by atoms with Crippen molar-refractivity contribution in [2.75, 3.05) is 5.32 Å². The fourth-order valence-corrected chi connectivity index (χ4v) is 2.10. The Balaban J connectivity index is 2.30. The molecular weight excluding hydrogens is 371 g/mol. The Kier molecular flexibility index (Phi) is 4.58. The van der Waals surface area contributed by atoms with Crippen molar-refractivity contribution in [1.82, 2.24) is 0 Å². The summed E-state index contributed by atoms with van der Waals surface area (Å²) in [7, 11) is 0. The number of carbonyl (C=O) groups is 1. The molecule has 0 saturated heterocycles. The molecule has 0 aromatic heterocycles. The van der Waals surface area contributed by atoms with Gasteiger partial charge in [0.1, 0.15) is 0 Å². The van der Waals surface area contributed by atoms with Crippen LogP contribution in [0.1, 0.15) is 15.9 Å². The van der Waals surface area contributed by atoms with Gasteiger partial charge in [-0.05, 0) is 46.3 Å². The predicted molar refractivity (Wildman–Crippen MR) is 78.5 cm³/mol. The molecule has 2 nitrogen and oxygen atoms in total. The van der Waals surface area contributed by atoms with Crippen molar-refractivity contribution >= 4 is 39.1 Å². The predicted octanol–water partition coefficient (Wildman–Crippen LogP) is 5.37. The summed E-state index contributed by atoms with van der Waals surface area (Å²) in [5, 5.41) is 2.55. The van der Waals surface area contributed by atoms with E-state index in [1.165, 1.54) is 30.3 Å². The molecule has 0 aliphatic heterocycles. The number of nitrogens with one attached hydrogen (secondary N) is 1. The summed E-state index contributed by atoms with van der Waals surface area (Å²) in [6.07, 6.45) is -4.54. The zero-order valence-corrected chi connectivity index (χ0v) is 12.7. The second-order valence-electron chi connectivity index (χ2n) is 4.13. The summed E-state index contributed by atoms with van der Waals surface area (Å²) in [6, 6.07) is 9.16. The van der Waals surface area contributed by atoms with Crippen LogP contribution in [0.2, 0.25) is 5.02 Å². The third-order valence-corrected chi connectivity index (χ3v) is 3.89. The molecule has 21 heavy (non-hydrogen) atoms. The maximum absolute atomic E-state index is 12.8. The Morgan fingerprint density at radius 1 is 1.14 bits per heavy atom. The Morgan fingerprint density at radius 2 is 1.81 bits per heavy atom. The number of halogens is 5. The van der Waals surface area contributed by atoms with E-state index in [-0.39, 0.29) is 11.3 Å². The van der Waals surface area contributed by atoms with E-state index in [0.29, 0.717) is 9.50 Å². The van der Waals surface area contributed by atoms with Crippen LogP contribution in [-0.2, 0) is 6.18 Å². The molecule has 2 aromatic rings. The first kappa shape index (κ1) is 15.9. The van der Waals surface area contributed by atoms with Gasteiger partial charge in [-0.25, -0.2) is 0 Å². The summed E-state index contributed by atoms with van der Waals surface area (Å²) in [4.78, 5) is 12.0. The molecule has 7 heteroatoms. The minimum Gasteiger partial charge on any atom is -0.321 e. The summed E-state index contributed by atoms with van der Waals surface area (Å²) in [5.74, 6) is -0.666. The number of benzene rings is 2. The highest BCUT2D eigenvalue weighted by molar-refractivity contribution is 9.10.